The molecule has 0 radical (unpaired) electrons. The molecule has 0 unspecified atom stereocenters. The number of benzene rings is 2. The van der Waals surface area contributed by atoms with Crippen molar-refractivity contribution in [2.75, 3.05) is 17.6 Å². The molecule has 0 bridgehead atoms. The third-order valence-electron chi connectivity index (χ3n) is 5.40. The van der Waals surface area contributed by atoms with Crippen LogP contribution >= 0.6 is 11.6 Å². The third-order valence-corrected chi connectivity index (χ3v) is 5.72. The molecule has 0 fully saturated rings. The molecule has 0 saturated heterocycles. The molecule has 12 heteroatoms. The minimum atomic E-state index is -0.836. The first-order valence-electron chi connectivity index (χ1n) is 11.2. The van der Waals surface area contributed by atoms with Crippen LogP contribution in [-0.2, 0) is 6.42 Å². The second kappa shape index (κ2) is 10.6. The molecule has 3 N–H and O–H groups in total. The van der Waals surface area contributed by atoms with Crippen molar-refractivity contribution in [1.82, 2.24) is 29.5 Å². The molecular weight excluding hydrogens is 514 g/mol. The van der Waals surface area contributed by atoms with Gasteiger partial charge < -0.3 is 11.1 Å². The Morgan fingerprint density at radius 1 is 1.00 bits per heavy atom. The number of nitrogen functional groups attached to an aromatic ring is 1. The van der Waals surface area contributed by atoms with Gasteiger partial charge in [-0.25, -0.2) is 33.7 Å². The van der Waals surface area contributed by atoms with E-state index in [1.165, 1.54) is 6.33 Å². The van der Waals surface area contributed by atoms with Crippen LogP contribution in [0.1, 0.15) is 17.2 Å². The molecule has 188 valence electrons. The summed E-state index contributed by atoms with van der Waals surface area (Å²) in [6.07, 6.45) is 4.57. The van der Waals surface area contributed by atoms with Gasteiger partial charge in [0.2, 0.25) is 5.82 Å². The Morgan fingerprint density at radius 2 is 1.76 bits per heavy atom. The number of hydrogen-bond acceptors (Lipinski definition) is 8. The molecule has 2 aromatic carbocycles. The van der Waals surface area contributed by atoms with Gasteiger partial charge in [0.1, 0.15) is 41.0 Å². The van der Waals surface area contributed by atoms with Gasteiger partial charge in [-0.1, -0.05) is 23.6 Å². The zero-order chi connectivity index (χ0) is 26.6. The standard InChI is InChI=1S/C26H17ClF2N8O/c27-19-3-1-4-20-23(19)26(38)37(17-12-15(28)11-16(29)13-17)22(36-20)7-10-33-25-18(24(30)34-14-35-25)5-6-21-31-8-2-9-32-21/h1-4,8-9,11-14H,7,10H2,(H3,30,33,34,35). The van der Waals surface area contributed by atoms with Crippen LogP contribution in [0.15, 0.2) is 66.0 Å². The quantitative estimate of drug-likeness (QED) is 0.331. The van der Waals surface area contributed by atoms with Crippen molar-refractivity contribution >= 4 is 34.1 Å². The van der Waals surface area contributed by atoms with Crippen molar-refractivity contribution in [3.63, 3.8) is 0 Å². The number of rotatable bonds is 5. The lowest BCUT2D eigenvalue weighted by Gasteiger charge is -2.15. The lowest BCUT2D eigenvalue weighted by molar-refractivity contribution is 0.580. The first-order chi connectivity index (χ1) is 18.4. The predicted molar refractivity (Wildman–Crippen MR) is 139 cm³/mol. The Labute approximate surface area is 219 Å². The maximum atomic E-state index is 14.1. The number of nitrogens with two attached hydrogens (primary N) is 1. The fraction of sp³-hybridized carbons (Fsp3) is 0.0769. The van der Waals surface area contributed by atoms with Crippen LogP contribution in [0.3, 0.4) is 0 Å². The molecule has 0 aliphatic carbocycles. The number of aromatic nitrogens is 6. The number of fused-ring (bicyclic) bond motifs is 1. The molecule has 3 aromatic heterocycles. The lowest BCUT2D eigenvalue weighted by atomic mass is 10.2. The predicted octanol–water partition coefficient (Wildman–Crippen LogP) is 3.53. The summed E-state index contributed by atoms with van der Waals surface area (Å²) in [4.78, 5) is 34.3. The summed E-state index contributed by atoms with van der Waals surface area (Å²) in [6, 6.07) is 9.35. The fourth-order valence-electron chi connectivity index (χ4n) is 3.77. The van der Waals surface area contributed by atoms with Gasteiger partial charge in [-0.3, -0.25) is 9.36 Å². The highest BCUT2D eigenvalue weighted by atomic mass is 35.5. The highest BCUT2D eigenvalue weighted by Crippen LogP contribution is 2.22. The summed E-state index contributed by atoms with van der Waals surface area (Å²) >= 11 is 6.27. The molecule has 3 heterocycles. The number of anilines is 2. The molecule has 5 aromatic rings. The van der Waals surface area contributed by atoms with E-state index in [4.69, 9.17) is 17.3 Å². The second-order valence-electron chi connectivity index (χ2n) is 7.91. The van der Waals surface area contributed by atoms with Crippen LogP contribution in [0, 0.1) is 23.5 Å². The van der Waals surface area contributed by atoms with E-state index in [0.717, 1.165) is 22.8 Å². The number of nitrogens with one attached hydrogen (secondary N) is 1. The molecule has 5 rings (SSSR count). The Bertz CT molecular complexity index is 1760. The molecule has 38 heavy (non-hydrogen) atoms. The second-order valence-corrected chi connectivity index (χ2v) is 8.32. The van der Waals surface area contributed by atoms with Gasteiger partial charge in [-0.15, -0.1) is 0 Å². The molecule has 0 amide bonds. The lowest BCUT2D eigenvalue weighted by Crippen LogP contribution is -2.26. The Hall–Kier alpha value is -4.95. The largest absolute Gasteiger partial charge is 0.382 e. The molecule has 0 atom stereocenters. The Balaban J connectivity index is 1.50. The van der Waals surface area contributed by atoms with E-state index in [9.17, 15) is 13.6 Å². The summed E-state index contributed by atoms with van der Waals surface area (Å²) in [7, 11) is 0. The first kappa shape index (κ1) is 24.7. The first-order valence-corrected chi connectivity index (χ1v) is 11.6. The smallest absolute Gasteiger partial charge is 0.267 e. The maximum Gasteiger partial charge on any atom is 0.267 e. The number of nitrogens with zero attached hydrogens (tertiary/aromatic N) is 6. The molecule has 0 aliphatic heterocycles. The summed E-state index contributed by atoms with van der Waals surface area (Å²) in [5.74, 6) is 5.05. The average Bonchev–Trinajstić information content (AvgIpc) is 2.88. The van der Waals surface area contributed by atoms with Crippen molar-refractivity contribution in [1.29, 1.82) is 0 Å². The van der Waals surface area contributed by atoms with Crippen molar-refractivity contribution in [2.45, 2.75) is 6.42 Å². The summed E-state index contributed by atoms with van der Waals surface area (Å²) < 4.78 is 29.3. The highest BCUT2D eigenvalue weighted by Gasteiger charge is 2.17. The van der Waals surface area contributed by atoms with Crippen LogP contribution in [0.5, 0.6) is 0 Å². The van der Waals surface area contributed by atoms with Gasteiger partial charge in [-0.2, -0.15) is 0 Å². The van der Waals surface area contributed by atoms with E-state index in [2.05, 4.69) is 42.1 Å². The van der Waals surface area contributed by atoms with Gasteiger partial charge in [0, 0.05) is 31.4 Å². The van der Waals surface area contributed by atoms with Crippen molar-refractivity contribution in [3.05, 3.63) is 105 Å². The van der Waals surface area contributed by atoms with Crippen LogP contribution in [-0.4, -0.2) is 36.0 Å². The maximum absolute atomic E-state index is 14.1. The zero-order valence-corrected chi connectivity index (χ0v) is 20.2. The van der Waals surface area contributed by atoms with E-state index in [0.29, 0.717) is 22.7 Å². The summed E-state index contributed by atoms with van der Waals surface area (Å²) in [6.45, 7) is 0.212. The molecule has 0 spiro atoms. The Morgan fingerprint density at radius 3 is 2.53 bits per heavy atom. The van der Waals surface area contributed by atoms with Crippen molar-refractivity contribution in [3.8, 4) is 17.5 Å². The van der Waals surface area contributed by atoms with E-state index in [1.807, 2.05) is 0 Å². The summed E-state index contributed by atoms with van der Waals surface area (Å²) in [5.41, 5.74) is 6.14. The van der Waals surface area contributed by atoms with E-state index < -0.39 is 17.2 Å². The van der Waals surface area contributed by atoms with Crippen LogP contribution in [0.25, 0.3) is 16.6 Å². The van der Waals surface area contributed by atoms with E-state index in [-0.39, 0.29) is 40.7 Å². The van der Waals surface area contributed by atoms with Crippen molar-refractivity contribution < 1.29 is 8.78 Å². The number of halogens is 3. The molecule has 0 saturated carbocycles. The molecule has 9 nitrogen and oxygen atoms in total. The average molecular weight is 531 g/mol. The van der Waals surface area contributed by atoms with Gasteiger partial charge >= 0.3 is 0 Å². The molecular formula is C26H17ClF2N8O. The topological polar surface area (TPSA) is 124 Å². The van der Waals surface area contributed by atoms with E-state index >= 15 is 0 Å². The van der Waals surface area contributed by atoms with Gasteiger partial charge in [-0.05, 0) is 36.3 Å². The van der Waals surface area contributed by atoms with Gasteiger partial charge in [0.15, 0.2) is 0 Å². The highest BCUT2D eigenvalue weighted by molar-refractivity contribution is 6.35. The number of hydrogen-bond donors (Lipinski definition) is 2. The van der Waals surface area contributed by atoms with Gasteiger partial charge in [0.05, 0.1) is 21.6 Å². The Kier molecular flexibility index (Phi) is 6.88. The third kappa shape index (κ3) is 5.11. The van der Waals surface area contributed by atoms with Crippen LogP contribution < -0.4 is 16.6 Å². The summed E-state index contributed by atoms with van der Waals surface area (Å²) in [5, 5.41) is 3.43. The monoisotopic (exact) mass is 530 g/mol. The van der Waals surface area contributed by atoms with Gasteiger partial charge in [0.25, 0.3) is 5.56 Å². The normalized spacial score (nSPS) is 10.7. The minimum Gasteiger partial charge on any atom is -0.382 e. The minimum absolute atomic E-state index is 0.0162. The zero-order valence-electron chi connectivity index (χ0n) is 19.5. The molecule has 0 aliphatic rings. The SMILES string of the molecule is Nc1ncnc(NCCc2nc3cccc(Cl)c3c(=O)n2-c2cc(F)cc(F)c2)c1C#Cc1ncccn1. The van der Waals surface area contributed by atoms with Crippen molar-refractivity contribution in [2.24, 2.45) is 0 Å². The van der Waals surface area contributed by atoms with Crippen LogP contribution in [0.2, 0.25) is 5.02 Å². The van der Waals surface area contributed by atoms with E-state index in [1.54, 1.807) is 36.7 Å². The van der Waals surface area contributed by atoms with Crippen LogP contribution in [0.4, 0.5) is 20.4 Å². The fourth-order valence-corrected chi connectivity index (χ4v) is 4.02.